The summed E-state index contributed by atoms with van der Waals surface area (Å²) in [6.07, 6.45) is -0.476. The quantitative estimate of drug-likeness (QED) is 0.656. The third kappa shape index (κ3) is 2.21. The fraction of sp³-hybridized carbons (Fsp3) is 0.211. The van der Waals surface area contributed by atoms with Gasteiger partial charge in [0.15, 0.2) is 6.17 Å². The molecule has 4 rings (SSSR count). The minimum absolute atomic E-state index is 0.340. The molecule has 0 aliphatic carbocycles. The van der Waals surface area contributed by atoms with E-state index in [4.69, 9.17) is 11.6 Å². The first-order chi connectivity index (χ1) is 11.5. The minimum Gasteiger partial charge on any atom is -0.359 e. The van der Waals surface area contributed by atoms with E-state index in [2.05, 4.69) is 36.4 Å². The third-order valence-electron chi connectivity index (χ3n) is 4.41. The molecule has 0 saturated carbocycles. The van der Waals surface area contributed by atoms with Gasteiger partial charge in [-0.25, -0.2) is 9.07 Å². The highest BCUT2D eigenvalue weighted by Crippen LogP contribution is 2.42. The van der Waals surface area contributed by atoms with Gasteiger partial charge in [0, 0.05) is 11.3 Å². The van der Waals surface area contributed by atoms with E-state index in [-0.39, 0.29) is 5.82 Å². The van der Waals surface area contributed by atoms with E-state index in [9.17, 15) is 4.39 Å². The van der Waals surface area contributed by atoms with E-state index in [1.54, 1.807) is 12.1 Å². The molecule has 1 atom stereocenters. The van der Waals surface area contributed by atoms with E-state index in [1.807, 2.05) is 17.7 Å². The number of rotatable bonds is 1. The Balaban J connectivity index is 2.00. The van der Waals surface area contributed by atoms with Gasteiger partial charge in [0.05, 0.1) is 22.0 Å². The molecule has 2 aromatic carbocycles. The van der Waals surface area contributed by atoms with Crippen molar-refractivity contribution in [2.45, 2.75) is 26.9 Å². The van der Waals surface area contributed by atoms with Gasteiger partial charge in [-0.3, -0.25) is 0 Å². The summed E-state index contributed by atoms with van der Waals surface area (Å²) < 4.78 is 16.3. The van der Waals surface area contributed by atoms with Crippen LogP contribution in [-0.2, 0) is 0 Å². The number of hydrogen-bond donors (Lipinski definition) is 1. The van der Waals surface area contributed by atoms with E-state index >= 15 is 0 Å². The topological polar surface area (TPSA) is 29.9 Å². The van der Waals surface area contributed by atoms with Crippen LogP contribution in [-0.4, -0.2) is 9.78 Å². The lowest BCUT2D eigenvalue weighted by Gasteiger charge is -2.31. The van der Waals surface area contributed by atoms with Crippen LogP contribution in [0.25, 0.3) is 11.3 Å². The summed E-state index contributed by atoms with van der Waals surface area (Å²) in [5.41, 5.74) is 6.64. The summed E-state index contributed by atoms with van der Waals surface area (Å²) >= 11 is 6.31. The van der Waals surface area contributed by atoms with Crippen LogP contribution >= 0.6 is 11.6 Å². The minimum atomic E-state index is -0.476. The fourth-order valence-corrected chi connectivity index (χ4v) is 3.71. The van der Waals surface area contributed by atoms with Crippen LogP contribution in [0.3, 0.4) is 0 Å². The molecule has 24 heavy (non-hydrogen) atoms. The number of nitrogens with one attached hydrogen (secondary N) is 1. The van der Waals surface area contributed by atoms with Gasteiger partial charge in [-0.05, 0) is 50.6 Å². The maximum Gasteiger partial charge on any atom is 0.151 e. The van der Waals surface area contributed by atoms with Gasteiger partial charge in [-0.2, -0.15) is 5.10 Å². The van der Waals surface area contributed by atoms with E-state index in [0.29, 0.717) is 10.6 Å². The molecule has 1 aliphatic heterocycles. The molecule has 0 bridgehead atoms. The lowest BCUT2D eigenvalue weighted by atomic mass is 9.98. The molecule has 1 N–H and O–H groups in total. The summed E-state index contributed by atoms with van der Waals surface area (Å²) in [6, 6.07) is 11.0. The van der Waals surface area contributed by atoms with E-state index in [0.717, 1.165) is 28.2 Å². The molecule has 3 nitrogen and oxygen atoms in total. The molecule has 0 saturated heterocycles. The second-order valence-corrected chi connectivity index (χ2v) is 6.71. The molecule has 122 valence electrons. The van der Waals surface area contributed by atoms with Crippen molar-refractivity contribution in [3.63, 3.8) is 0 Å². The van der Waals surface area contributed by atoms with Gasteiger partial charge in [0.2, 0.25) is 0 Å². The van der Waals surface area contributed by atoms with Gasteiger partial charge < -0.3 is 5.32 Å². The molecule has 0 amide bonds. The number of anilines is 1. The smallest absolute Gasteiger partial charge is 0.151 e. The molecule has 5 heteroatoms. The lowest BCUT2D eigenvalue weighted by molar-refractivity contribution is 0.526. The molecule has 2 heterocycles. The van der Waals surface area contributed by atoms with Crippen molar-refractivity contribution in [2.75, 3.05) is 5.32 Å². The number of fused-ring (bicyclic) bond motifs is 3. The van der Waals surface area contributed by atoms with E-state index < -0.39 is 6.17 Å². The normalized spacial score (nSPS) is 15.6. The zero-order chi connectivity index (χ0) is 17.0. The van der Waals surface area contributed by atoms with Crippen molar-refractivity contribution >= 4 is 17.3 Å². The molecule has 1 aliphatic rings. The second kappa shape index (κ2) is 5.35. The van der Waals surface area contributed by atoms with Crippen molar-refractivity contribution in [1.29, 1.82) is 0 Å². The maximum absolute atomic E-state index is 14.5. The number of nitrogens with zero attached hydrogens (tertiary/aromatic N) is 2. The van der Waals surface area contributed by atoms with Crippen molar-refractivity contribution in [3.05, 3.63) is 69.6 Å². The Morgan fingerprint density at radius 1 is 1.17 bits per heavy atom. The molecule has 3 aromatic rings. The lowest BCUT2D eigenvalue weighted by Crippen LogP contribution is -2.27. The number of benzene rings is 2. The Labute approximate surface area is 145 Å². The Kier molecular flexibility index (Phi) is 3.39. The van der Waals surface area contributed by atoms with Gasteiger partial charge in [-0.15, -0.1) is 0 Å². The highest BCUT2D eigenvalue weighted by atomic mass is 35.5. The van der Waals surface area contributed by atoms with Gasteiger partial charge >= 0.3 is 0 Å². The largest absolute Gasteiger partial charge is 0.359 e. The highest BCUT2D eigenvalue weighted by molar-refractivity contribution is 6.31. The molecule has 1 unspecified atom stereocenters. The van der Waals surface area contributed by atoms with Crippen LogP contribution in [0.15, 0.2) is 36.4 Å². The summed E-state index contributed by atoms with van der Waals surface area (Å²) in [4.78, 5) is 0. The van der Waals surface area contributed by atoms with Gasteiger partial charge in [-0.1, -0.05) is 29.3 Å². The number of aromatic nitrogens is 2. The first-order valence-electron chi connectivity index (χ1n) is 7.84. The zero-order valence-corrected chi connectivity index (χ0v) is 14.4. The van der Waals surface area contributed by atoms with E-state index in [1.165, 1.54) is 11.6 Å². The Bertz CT molecular complexity index is 941. The van der Waals surface area contributed by atoms with Crippen LogP contribution in [0.5, 0.6) is 0 Å². The first kappa shape index (κ1) is 15.2. The Hall–Kier alpha value is -2.33. The second-order valence-electron chi connectivity index (χ2n) is 6.30. The third-order valence-corrected chi connectivity index (χ3v) is 4.74. The molecular weight excluding hydrogens is 325 g/mol. The van der Waals surface area contributed by atoms with Crippen LogP contribution in [0, 0.1) is 26.6 Å². The Morgan fingerprint density at radius 3 is 2.71 bits per heavy atom. The fourth-order valence-electron chi connectivity index (χ4n) is 3.44. The molecule has 0 fully saturated rings. The summed E-state index contributed by atoms with van der Waals surface area (Å²) in [5.74, 6) is -0.340. The van der Waals surface area contributed by atoms with Crippen molar-refractivity contribution in [2.24, 2.45) is 0 Å². The standard InChI is InChI=1S/C19H17ClFN3/c1-10-7-11(2)18-13(8-10)16-9-12(3)23-24(16)19(22-18)17-14(20)5-4-6-15(17)21/h4-9,19,22H,1-3H3. The van der Waals surface area contributed by atoms with Crippen LogP contribution in [0.2, 0.25) is 5.02 Å². The number of hydrogen-bond acceptors (Lipinski definition) is 2. The van der Waals surface area contributed by atoms with Gasteiger partial charge in [0.25, 0.3) is 0 Å². The monoisotopic (exact) mass is 341 g/mol. The summed E-state index contributed by atoms with van der Waals surface area (Å²) in [7, 11) is 0. The summed E-state index contributed by atoms with van der Waals surface area (Å²) in [6.45, 7) is 6.06. The number of halogens is 2. The maximum atomic E-state index is 14.5. The van der Waals surface area contributed by atoms with Gasteiger partial charge in [0.1, 0.15) is 5.82 Å². The van der Waals surface area contributed by atoms with Crippen LogP contribution in [0.4, 0.5) is 10.1 Å². The number of aryl methyl sites for hydroxylation is 3. The molecule has 0 spiro atoms. The molecule has 0 radical (unpaired) electrons. The SMILES string of the molecule is Cc1cc(C)c2c(c1)-c1cc(C)nn1C(c1c(F)cccc1Cl)N2. The van der Waals surface area contributed by atoms with Crippen molar-refractivity contribution in [3.8, 4) is 11.3 Å². The van der Waals surface area contributed by atoms with Crippen LogP contribution < -0.4 is 5.32 Å². The average molecular weight is 342 g/mol. The average Bonchev–Trinajstić information content (AvgIpc) is 2.89. The molecule has 1 aromatic heterocycles. The van der Waals surface area contributed by atoms with Crippen molar-refractivity contribution < 1.29 is 4.39 Å². The predicted molar refractivity (Wildman–Crippen MR) is 95.0 cm³/mol. The predicted octanol–water partition coefficient (Wildman–Crippen LogP) is 5.24. The van der Waals surface area contributed by atoms with Crippen molar-refractivity contribution in [1.82, 2.24) is 9.78 Å². The summed E-state index contributed by atoms with van der Waals surface area (Å²) in [5, 5.41) is 8.40. The highest BCUT2D eigenvalue weighted by Gasteiger charge is 2.30. The zero-order valence-electron chi connectivity index (χ0n) is 13.7. The molecular formula is C19H17ClFN3. The first-order valence-corrected chi connectivity index (χ1v) is 8.21. The Morgan fingerprint density at radius 2 is 1.96 bits per heavy atom. The van der Waals surface area contributed by atoms with Crippen LogP contribution in [0.1, 0.15) is 28.6 Å².